The van der Waals surface area contributed by atoms with Crippen molar-refractivity contribution in [2.75, 3.05) is 14.2 Å². The van der Waals surface area contributed by atoms with Crippen LogP contribution >= 0.6 is 0 Å². The molecule has 0 radical (unpaired) electrons. The first-order valence-corrected chi connectivity index (χ1v) is 5.64. The second-order valence-electron chi connectivity index (χ2n) is 3.69. The number of nitrogens with zero attached hydrogens (tertiary/aromatic N) is 2. The summed E-state index contributed by atoms with van der Waals surface area (Å²) in [5, 5.41) is 0. The fraction of sp³-hybridized carbons (Fsp3) is 0.167. The minimum absolute atomic E-state index is 0.0110. The summed E-state index contributed by atoms with van der Waals surface area (Å²) in [5.74, 6) is -2.05. The van der Waals surface area contributed by atoms with Crippen LogP contribution in [0, 0.1) is 0 Å². The minimum Gasteiger partial charge on any atom is -0.465 e. The van der Waals surface area contributed by atoms with Gasteiger partial charge in [-0.3, -0.25) is 0 Å². The van der Waals surface area contributed by atoms with Gasteiger partial charge in [0.05, 0.1) is 31.0 Å². The third-order valence-corrected chi connectivity index (χ3v) is 2.32. The number of guanidine groups is 2. The number of esters is 2. The second kappa shape index (κ2) is 6.89. The highest BCUT2D eigenvalue weighted by Gasteiger charge is 2.22. The van der Waals surface area contributed by atoms with Crippen molar-refractivity contribution in [1.29, 1.82) is 0 Å². The van der Waals surface area contributed by atoms with Crippen molar-refractivity contribution in [1.82, 2.24) is 0 Å². The standard InChI is InChI=1S/C12H15N5O4/c1-20-9(18)6-4-3-5-7(8(6)10(19)21-2)16-12(15)17-11(13)14/h3-5H,1-2H3,(H6,13,14,15,16,17). The van der Waals surface area contributed by atoms with E-state index in [1.54, 1.807) is 0 Å². The Morgan fingerprint density at radius 2 is 1.67 bits per heavy atom. The Bertz CT molecular complexity index is 620. The summed E-state index contributed by atoms with van der Waals surface area (Å²) < 4.78 is 9.24. The molecule has 0 atom stereocenters. The smallest absolute Gasteiger partial charge is 0.340 e. The highest BCUT2D eigenvalue weighted by molar-refractivity contribution is 6.07. The zero-order chi connectivity index (χ0) is 16.0. The number of hydrogen-bond donors (Lipinski definition) is 3. The maximum absolute atomic E-state index is 11.9. The summed E-state index contributed by atoms with van der Waals surface area (Å²) in [6.45, 7) is 0. The Kier molecular flexibility index (Phi) is 5.24. The normalized spacial score (nSPS) is 10.7. The molecule has 0 aliphatic heterocycles. The lowest BCUT2D eigenvalue weighted by Gasteiger charge is -2.09. The maximum Gasteiger partial charge on any atom is 0.340 e. The first-order chi connectivity index (χ1) is 9.90. The Balaban J connectivity index is 3.49. The van der Waals surface area contributed by atoms with Gasteiger partial charge in [0.1, 0.15) is 0 Å². The van der Waals surface area contributed by atoms with Crippen LogP contribution in [0.2, 0.25) is 0 Å². The molecule has 9 nitrogen and oxygen atoms in total. The van der Waals surface area contributed by atoms with E-state index < -0.39 is 11.9 Å². The van der Waals surface area contributed by atoms with E-state index in [1.807, 2.05) is 0 Å². The molecule has 0 saturated heterocycles. The van der Waals surface area contributed by atoms with E-state index in [-0.39, 0.29) is 28.7 Å². The van der Waals surface area contributed by atoms with Crippen LogP contribution < -0.4 is 17.2 Å². The molecule has 9 heteroatoms. The van der Waals surface area contributed by atoms with Gasteiger partial charge in [-0.1, -0.05) is 6.07 Å². The molecule has 0 fully saturated rings. The molecule has 0 aliphatic carbocycles. The first-order valence-electron chi connectivity index (χ1n) is 5.64. The van der Waals surface area contributed by atoms with E-state index in [2.05, 4.69) is 19.5 Å². The fourth-order valence-corrected chi connectivity index (χ4v) is 1.51. The Hall–Kier alpha value is -3.10. The van der Waals surface area contributed by atoms with Crippen LogP contribution in [0.4, 0.5) is 5.69 Å². The molecule has 0 heterocycles. The van der Waals surface area contributed by atoms with Crippen LogP contribution in [0.1, 0.15) is 20.7 Å². The Morgan fingerprint density at radius 3 is 2.19 bits per heavy atom. The number of methoxy groups -OCH3 is 2. The van der Waals surface area contributed by atoms with Gasteiger partial charge in [-0.25, -0.2) is 14.6 Å². The predicted octanol–water partition coefficient (Wildman–Crippen LogP) is -0.521. The van der Waals surface area contributed by atoms with Crippen molar-refractivity contribution in [3.63, 3.8) is 0 Å². The third-order valence-electron chi connectivity index (χ3n) is 2.32. The summed E-state index contributed by atoms with van der Waals surface area (Å²) in [6.07, 6.45) is 0. The van der Waals surface area contributed by atoms with E-state index >= 15 is 0 Å². The van der Waals surface area contributed by atoms with Gasteiger partial charge in [-0.15, -0.1) is 0 Å². The van der Waals surface area contributed by atoms with Crippen molar-refractivity contribution in [3.05, 3.63) is 29.3 Å². The fourth-order valence-electron chi connectivity index (χ4n) is 1.51. The number of hydrogen-bond acceptors (Lipinski definition) is 5. The number of aliphatic imine (C=N–C) groups is 2. The SMILES string of the molecule is COC(=O)c1cccc(N=C(N)N=C(N)N)c1C(=O)OC. The third kappa shape index (κ3) is 3.93. The largest absolute Gasteiger partial charge is 0.465 e. The van der Waals surface area contributed by atoms with Crippen molar-refractivity contribution in [3.8, 4) is 0 Å². The van der Waals surface area contributed by atoms with Crippen LogP contribution in [0.15, 0.2) is 28.2 Å². The number of carbonyl (C=O) groups is 2. The minimum atomic E-state index is -0.771. The number of rotatable bonds is 3. The summed E-state index contributed by atoms with van der Waals surface area (Å²) in [6, 6.07) is 4.35. The molecule has 6 N–H and O–H groups in total. The van der Waals surface area contributed by atoms with Gasteiger partial charge >= 0.3 is 11.9 Å². The monoisotopic (exact) mass is 293 g/mol. The summed E-state index contributed by atoms with van der Waals surface area (Å²) in [4.78, 5) is 31.0. The van der Waals surface area contributed by atoms with E-state index in [4.69, 9.17) is 17.2 Å². The number of benzene rings is 1. The van der Waals surface area contributed by atoms with Gasteiger partial charge in [-0.2, -0.15) is 4.99 Å². The van der Waals surface area contributed by atoms with Gasteiger partial charge in [0.2, 0.25) is 5.96 Å². The molecule has 0 aromatic heterocycles. The van der Waals surface area contributed by atoms with E-state index in [0.29, 0.717) is 0 Å². The van der Waals surface area contributed by atoms with Gasteiger partial charge in [-0.05, 0) is 12.1 Å². The molecule has 0 saturated carbocycles. The van der Waals surface area contributed by atoms with Crippen molar-refractivity contribution >= 4 is 29.5 Å². The quantitative estimate of drug-likeness (QED) is 0.384. The highest BCUT2D eigenvalue weighted by atomic mass is 16.5. The number of nitrogens with two attached hydrogens (primary N) is 3. The molecule has 0 spiro atoms. The molecule has 0 unspecified atom stereocenters. The van der Waals surface area contributed by atoms with Crippen LogP contribution in [0.25, 0.3) is 0 Å². The lowest BCUT2D eigenvalue weighted by atomic mass is 10.1. The van der Waals surface area contributed by atoms with Crippen LogP contribution in [-0.4, -0.2) is 38.1 Å². The van der Waals surface area contributed by atoms with Gasteiger partial charge in [0.25, 0.3) is 0 Å². The number of ether oxygens (including phenoxy) is 2. The average molecular weight is 293 g/mol. The second-order valence-corrected chi connectivity index (χ2v) is 3.69. The Morgan fingerprint density at radius 1 is 1.05 bits per heavy atom. The summed E-state index contributed by atoms with van der Waals surface area (Å²) in [5.41, 5.74) is 15.8. The molecule has 0 aliphatic rings. The van der Waals surface area contributed by atoms with Crippen molar-refractivity contribution in [2.24, 2.45) is 27.2 Å². The topological polar surface area (TPSA) is 155 Å². The lowest BCUT2D eigenvalue weighted by molar-refractivity contribution is 0.0556. The molecule has 21 heavy (non-hydrogen) atoms. The molecular weight excluding hydrogens is 278 g/mol. The summed E-state index contributed by atoms with van der Waals surface area (Å²) >= 11 is 0. The molecular formula is C12H15N5O4. The van der Waals surface area contributed by atoms with E-state index in [1.165, 1.54) is 32.4 Å². The highest BCUT2D eigenvalue weighted by Crippen LogP contribution is 2.24. The van der Waals surface area contributed by atoms with Crippen LogP contribution in [-0.2, 0) is 9.47 Å². The molecule has 112 valence electrons. The molecule has 1 aromatic rings. The first kappa shape index (κ1) is 16.0. The zero-order valence-electron chi connectivity index (χ0n) is 11.5. The molecule has 1 rings (SSSR count). The van der Waals surface area contributed by atoms with E-state index in [0.717, 1.165) is 0 Å². The van der Waals surface area contributed by atoms with E-state index in [9.17, 15) is 9.59 Å². The number of carbonyl (C=O) groups excluding carboxylic acids is 2. The molecule has 0 bridgehead atoms. The predicted molar refractivity (Wildman–Crippen MR) is 76.2 cm³/mol. The Labute approximate surface area is 120 Å². The maximum atomic E-state index is 11.9. The molecule has 0 amide bonds. The lowest BCUT2D eigenvalue weighted by Crippen LogP contribution is -2.26. The summed E-state index contributed by atoms with van der Waals surface area (Å²) in [7, 11) is 2.36. The zero-order valence-corrected chi connectivity index (χ0v) is 11.5. The van der Waals surface area contributed by atoms with Crippen molar-refractivity contribution in [2.45, 2.75) is 0 Å². The van der Waals surface area contributed by atoms with Crippen molar-refractivity contribution < 1.29 is 19.1 Å². The van der Waals surface area contributed by atoms with Gasteiger partial charge < -0.3 is 26.7 Å². The average Bonchev–Trinajstić information content (AvgIpc) is 2.44. The van der Waals surface area contributed by atoms with Crippen LogP contribution in [0.5, 0.6) is 0 Å². The molecule has 1 aromatic carbocycles. The van der Waals surface area contributed by atoms with Gasteiger partial charge in [0.15, 0.2) is 5.96 Å². The van der Waals surface area contributed by atoms with Crippen LogP contribution in [0.3, 0.4) is 0 Å². The van der Waals surface area contributed by atoms with Gasteiger partial charge in [0, 0.05) is 0 Å².